The molecule has 2 N–H and O–H groups in total. The Kier molecular flexibility index (Phi) is 6.47. The summed E-state index contributed by atoms with van der Waals surface area (Å²) in [4.78, 5) is 31.0. The molecule has 0 aliphatic rings. The summed E-state index contributed by atoms with van der Waals surface area (Å²) in [5.41, 5.74) is 2.44. The molecule has 0 aliphatic carbocycles. The van der Waals surface area contributed by atoms with Crippen molar-refractivity contribution in [2.24, 2.45) is 0 Å². The Hall–Kier alpha value is -3.71. The van der Waals surface area contributed by atoms with Crippen molar-refractivity contribution in [1.82, 2.24) is 10.3 Å². The zero-order valence-corrected chi connectivity index (χ0v) is 18.6. The van der Waals surface area contributed by atoms with Crippen LogP contribution >= 0.6 is 11.3 Å². The van der Waals surface area contributed by atoms with Gasteiger partial charge in [0.15, 0.2) is 0 Å². The summed E-state index contributed by atoms with van der Waals surface area (Å²) in [7, 11) is 0. The van der Waals surface area contributed by atoms with E-state index in [2.05, 4.69) is 15.6 Å². The lowest BCUT2D eigenvalue weighted by molar-refractivity contribution is -0.115. The second-order valence-electron chi connectivity index (χ2n) is 7.38. The Balaban J connectivity index is 1.45. The molecule has 0 saturated heterocycles. The molecule has 2 heterocycles. The van der Waals surface area contributed by atoms with Crippen molar-refractivity contribution >= 4 is 28.8 Å². The zero-order valence-electron chi connectivity index (χ0n) is 17.8. The summed E-state index contributed by atoms with van der Waals surface area (Å²) in [5.74, 6) is 0.589. The number of para-hydroxylation sites is 1. The number of carbonyl (C=O) groups excluding carboxylic acids is 2. The largest absolute Gasteiger partial charge is 0.440 e. The number of aromatic nitrogens is 1. The molecule has 0 fully saturated rings. The monoisotopic (exact) mass is 445 g/mol. The maximum atomic E-state index is 12.9. The molecule has 1 unspecified atom stereocenters. The number of hydrogen-bond acceptors (Lipinski definition) is 5. The van der Waals surface area contributed by atoms with Crippen LogP contribution in [0.1, 0.15) is 40.3 Å². The van der Waals surface area contributed by atoms with Gasteiger partial charge in [0.1, 0.15) is 5.76 Å². The fourth-order valence-electron chi connectivity index (χ4n) is 3.33. The third-order valence-corrected chi connectivity index (χ3v) is 5.90. The van der Waals surface area contributed by atoms with Crippen molar-refractivity contribution in [2.75, 3.05) is 5.32 Å². The highest BCUT2D eigenvalue weighted by Gasteiger charge is 2.18. The highest BCUT2D eigenvalue weighted by atomic mass is 32.1. The molecular weight excluding hydrogens is 422 g/mol. The van der Waals surface area contributed by atoms with Crippen LogP contribution in [0.15, 0.2) is 76.5 Å². The summed E-state index contributed by atoms with van der Waals surface area (Å²) >= 11 is 1.53. The molecule has 0 radical (unpaired) electrons. The molecule has 0 saturated carbocycles. The molecule has 0 spiro atoms. The van der Waals surface area contributed by atoms with E-state index in [9.17, 15) is 9.59 Å². The lowest BCUT2D eigenvalue weighted by Crippen LogP contribution is -2.28. The normalized spacial score (nSPS) is 11.7. The average molecular weight is 446 g/mol. The highest BCUT2D eigenvalue weighted by molar-refractivity contribution is 7.13. The Morgan fingerprint density at radius 1 is 1.03 bits per heavy atom. The van der Waals surface area contributed by atoms with E-state index >= 15 is 0 Å². The van der Waals surface area contributed by atoms with Gasteiger partial charge in [-0.25, -0.2) is 4.98 Å². The smallest absolute Gasteiger partial charge is 0.253 e. The summed E-state index contributed by atoms with van der Waals surface area (Å²) in [5, 5.41) is 7.78. The first-order valence-corrected chi connectivity index (χ1v) is 11.1. The molecular formula is C25H23N3O3S. The Bertz CT molecular complexity index is 1220. The van der Waals surface area contributed by atoms with Crippen LogP contribution in [0, 0.1) is 6.92 Å². The van der Waals surface area contributed by atoms with Crippen molar-refractivity contribution in [3.8, 4) is 10.8 Å². The van der Waals surface area contributed by atoms with E-state index in [0.717, 1.165) is 10.4 Å². The first-order chi connectivity index (χ1) is 15.5. The van der Waals surface area contributed by atoms with Crippen LogP contribution in [0.4, 0.5) is 5.69 Å². The van der Waals surface area contributed by atoms with Gasteiger partial charge < -0.3 is 15.1 Å². The number of thiophene rings is 1. The summed E-state index contributed by atoms with van der Waals surface area (Å²) in [6.45, 7) is 3.71. The fraction of sp³-hybridized carbons (Fsp3) is 0.160. The molecule has 0 aliphatic heterocycles. The van der Waals surface area contributed by atoms with Gasteiger partial charge in [0.05, 0.1) is 34.3 Å². The van der Waals surface area contributed by atoms with Gasteiger partial charge in [0.2, 0.25) is 11.8 Å². The van der Waals surface area contributed by atoms with Gasteiger partial charge >= 0.3 is 0 Å². The minimum absolute atomic E-state index is 0.0527. The van der Waals surface area contributed by atoms with Gasteiger partial charge in [0, 0.05) is 0 Å². The van der Waals surface area contributed by atoms with E-state index in [-0.39, 0.29) is 24.3 Å². The molecule has 2 aromatic heterocycles. The summed E-state index contributed by atoms with van der Waals surface area (Å²) < 4.78 is 5.71. The van der Waals surface area contributed by atoms with Crippen LogP contribution in [0.3, 0.4) is 0 Å². The number of anilines is 1. The zero-order chi connectivity index (χ0) is 22.5. The number of oxazole rings is 1. The van der Waals surface area contributed by atoms with Crippen LogP contribution in [0.2, 0.25) is 0 Å². The van der Waals surface area contributed by atoms with E-state index in [4.69, 9.17) is 4.42 Å². The van der Waals surface area contributed by atoms with Gasteiger partial charge in [-0.05, 0) is 43.0 Å². The van der Waals surface area contributed by atoms with E-state index in [1.165, 1.54) is 11.3 Å². The fourth-order valence-corrected chi connectivity index (χ4v) is 3.98. The van der Waals surface area contributed by atoms with Gasteiger partial charge in [-0.2, -0.15) is 0 Å². The third kappa shape index (κ3) is 4.95. The van der Waals surface area contributed by atoms with Crippen LogP contribution in [-0.4, -0.2) is 16.8 Å². The second-order valence-corrected chi connectivity index (χ2v) is 8.32. The molecule has 2 aromatic carbocycles. The minimum Gasteiger partial charge on any atom is -0.440 e. The van der Waals surface area contributed by atoms with Gasteiger partial charge in [-0.1, -0.05) is 48.5 Å². The molecule has 4 rings (SSSR count). The highest BCUT2D eigenvalue weighted by Crippen LogP contribution is 2.26. The van der Waals surface area contributed by atoms with Crippen molar-refractivity contribution in [1.29, 1.82) is 0 Å². The number of amides is 2. The number of rotatable bonds is 7. The lowest BCUT2D eigenvalue weighted by Gasteiger charge is -2.16. The van der Waals surface area contributed by atoms with Crippen LogP contribution in [-0.2, 0) is 11.2 Å². The third-order valence-electron chi connectivity index (χ3n) is 5.05. The van der Waals surface area contributed by atoms with E-state index < -0.39 is 0 Å². The topological polar surface area (TPSA) is 84.2 Å². The molecule has 2 amide bonds. The number of hydrogen-bond donors (Lipinski definition) is 2. The predicted molar refractivity (Wildman–Crippen MR) is 126 cm³/mol. The number of carbonyl (C=O) groups is 2. The predicted octanol–water partition coefficient (Wildman–Crippen LogP) is 5.38. The SMILES string of the molecule is Cc1oc(-c2cccs2)nc1CC(=O)Nc1ccccc1C(=O)NC(C)c1ccccc1. The molecule has 32 heavy (non-hydrogen) atoms. The number of nitrogens with one attached hydrogen (secondary N) is 2. The second kappa shape index (κ2) is 9.62. The Labute approximate surface area is 190 Å². The van der Waals surface area contributed by atoms with E-state index in [1.807, 2.05) is 54.8 Å². The standard InChI is InChI=1S/C25H23N3O3S/c1-16(18-9-4-3-5-10-18)26-24(30)19-11-6-7-12-20(19)27-23(29)15-21-17(2)31-25(28-21)22-13-8-14-32-22/h3-14,16H,15H2,1-2H3,(H,26,30)(H,27,29). The molecule has 0 bridgehead atoms. The molecule has 7 heteroatoms. The first-order valence-electron chi connectivity index (χ1n) is 10.3. The lowest BCUT2D eigenvalue weighted by atomic mass is 10.1. The first kappa shape index (κ1) is 21.5. The van der Waals surface area contributed by atoms with Crippen molar-refractivity contribution in [2.45, 2.75) is 26.3 Å². The summed E-state index contributed by atoms with van der Waals surface area (Å²) in [6.07, 6.45) is 0.0527. The number of aryl methyl sites for hydroxylation is 1. The quantitative estimate of drug-likeness (QED) is 0.400. The Morgan fingerprint density at radius 2 is 1.78 bits per heavy atom. The van der Waals surface area contributed by atoms with E-state index in [0.29, 0.717) is 28.6 Å². The van der Waals surface area contributed by atoms with Crippen molar-refractivity contribution in [3.63, 3.8) is 0 Å². The average Bonchev–Trinajstić information content (AvgIpc) is 3.45. The van der Waals surface area contributed by atoms with Crippen molar-refractivity contribution < 1.29 is 14.0 Å². The van der Waals surface area contributed by atoms with Crippen molar-refractivity contribution in [3.05, 3.63) is 94.7 Å². The number of nitrogens with zero attached hydrogens (tertiary/aromatic N) is 1. The summed E-state index contributed by atoms with van der Waals surface area (Å²) in [6, 6.07) is 20.4. The maximum absolute atomic E-state index is 12.9. The molecule has 4 aromatic rings. The van der Waals surface area contributed by atoms with Gasteiger partial charge in [-0.3, -0.25) is 9.59 Å². The van der Waals surface area contributed by atoms with Crippen LogP contribution in [0.5, 0.6) is 0 Å². The number of benzene rings is 2. The maximum Gasteiger partial charge on any atom is 0.253 e. The molecule has 6 nitrogen and oxygen atoms in total. The Morgan fingerprint density at radius 3 is 2.53 bits per heavy atom. The van der Waals surface area contributed by atoms with Crippen LogP contribution < -0.4 is 10.6 Å². The van der Waals surface area contributed by atoms with E-state index in [1.54, 1.807) is 31.2 Å². The molecule has 162 valence electrons. The molecule has 1 atom stereocenters. The van der Waals surface area contributed by atoms with Gasteiger partial charge in [-0.15, -0.1) is 11.3 Å². The minimum atomic E-state index is -0.268. The van der Waals surface area contributed by atoms with Crippen LogP contribution in [0.25, 0.3) is 10.8 Å². The van der Waals surface area contributed by atoms with Gasteiger partial charge in [0.25, 0.3) is 5.91 Å².